The number of hydrogen-bond donors (Lipinski definition) is 0. The van der Waals surface area contributed by atoms with E-state index in [0.717, 1.165) is 6.42 Å². The second kappa shape index (κ2) is 15.2. The van der Waals surface area contributed by atoms with Crippen LogP contribution in [0.1, 0.15) is 20.3 Å². The topological polar surface area (TPSA) is 0 Å². The second-order valence-corrected chi connectivity index (χ2v) is 13.9. The van der Waals surface area contributed by atoms with Gasteiger partial charge in [-0.25, -0.2) is 11.1 Å². The van der Waals surface area contributed by atoms with Crippen LogP contribution in [-0.4, -0.2) is 5.43 Å². The largest absolute Gasteiger partial charge is 0.126 e. The number of halogens is 2. The molecule has 0 bridgehead atoms. The van der Waals surface area contributed by atoms with Gasteiger partial charge in [-0.3, -0.25) is 6.08 Å². The molecule has 0 amide bonds. The van der Waals surface area contributed by atoms with Crippen LogP contribution in [0.15, 0.2) is 132 Å². The van der Waals surface area contributed by atoms with Gasteiger partial charge in [-0.2, -0.15) is 6.08 Å². The van der Waals surface area contributed by atoms with Gasteiger partial charge < -0.3 is 0 Å². The van der Waals surface area contributed by atoms with Crippen LogP contribution >= 0.6 is 24.8 Å². The Morgan fingerprint density at radius 3 is 1.42 bits per heavy atom. The Labute approximate surface area is 242 Å². The van der Waals surface area contributed by atoms with Gasteiger partial charge in [0, 0.05) is 0 Å². The summed E-state index contributed by atoms with van der Waals surface area (Å²) in [7, 11) is 0. The van der Waals surface area contributed by atoms with Crippen molar-refractivity contribution in [2.24, 2.45) is 0 Å². The maximum absolute atomic E-state index is 3.19. The van der Waals surface area contributed by atoms with Crippen LogP contribution in [-0.2, 0) is 23.3 Å². The van der Waals surface area contributed by atoms with Gasteiger partial charge >= 0.3 is 99.8 Å². The minimum atomic E-state index is -0.455. The van der Waals surface area contributed by atoms with Gasteiger partial charge in [0.1, 0.15) is 0 Å². The van der Waals surface area contributed by atoms with E-state index in [1.807, 2.05) is 0 Å². The third-order valence-corrected chi connectivity index (χ3v) is 12.1. The van der Waals surface area contributed by atoms with Crippen LogP contribution in [0.5, 0.6) is 0 Å². The van der Waals surface area contributed by atoms with Crippen LogP contribution in [0.4, 0.5) is 0 Å². The first kappa shape index (κ1) is 30.1. The Bertz CT molecular complexity index is 1340. The van der Waals surface area contributed by atoms with Crippen molar-refractivity contribution in [2.45, 2.75) is 20.3 Å². The Balaban J connectivity index is 0.000000194. The molecule has 0 aromatic heterocycles. The van der Waals surface area contributed by atoms with Crippen LogP contribution in [0, 0.1) is 6.08 Å². The van der Waals surface area contributed by atoms with Crippen molar-refractivity contribution in [2.75, 3.05) is 0 Å². The normalized spacial score (nSPS) is 11.6. The smallest absolute Gasteiger partial charge is 0.0771 e. The first-order valence-electron chi connectivity index (χ1n) is 11.6. The molecule has 0 aliphatic heterocycles. The van der Waals surface area contributed by atoms with Crippen LogP contribution in [0.3, 0.4) is 0 Å². The Morgan fingerprint density at radius 2 is 1.06 bits per heavy atom. The van der Waals surface area contributed by atoms with Crippen molar-refractivity contribution in [3.8, 4) is 0 Å². The van der Waals surface area contributed by atoms with Gasteiger partial charge in [-0.1, -0.05) is 43.3 Å². The van der Waals surface area contributed by atoms with Gasteiger partial charge in [0.2, 0.25) is 0 Å². The maximum atomic E-state index is 3.19. The minimum absolute atomic E-state index is 0. The summed E-state index contributed by atoms with van der Waals surface area (Å²) in [4.78, 5) is 0. The van der Waals surface area contributed by atoms with E-state index in [2.05, 4.69) is 141 Å². The van der Waals surface area contributed by atoms with Crippen LogP contribution in [0.2, 0.25) is 0 Å². The number of benzene rings is 4. The molecule has 0 nitrogen and oxygen atoms in total. The Hall–Kier alpha value is -2.09. The fourth-order valence-corrected chi connectivity index (χ4v) is 7.77. The molecule has 1 aliphatic rings. The van der Waals surface area contributed by atoms with Crippen molar-refractivity contribution < 1.29 is 23.3 Å². The van der Waals surface area contributed by atoms with E-state index in [1.165, 1.54) is 43.1 Å². The predicted molar refractivity (Wildman–Crippen MR) is 160 cm³/mol. The molecule has 0 N–H and O–H groups in total. The predicted octanol–water partition coefficient (Wildman–Crippen LogP) is 7.98. The molecule has 0 unspecified atom stereocenters. The van der Waals surface area contributed by atoms with Crippen molar-refractivity contribution in [3.05, 3.63) is 139 Å². The summed E-state index contributed by atoms with van der Waals surface area (Å²) in [5.41, 5.74) is 2.25. The van der Waals surface area contributed by atoms with Crippen molar-refractivity contribution in [3.63, 3.8) is 0 Å². The average molecular weight is 605 g/mol. The monoisotopic (exact) mass is 602 g/mol. The van der Waals surface area contributed by atoms with Crippen molar-refractivity contribution in [1.29, 1.82) is 0 Å². The number of hydrogen-bond acceptors (Lipinski definition) is 0. The summed E-state index contributed by atoms with van der Waals surface area (Å²) in [6.07, 6.45) is 6.41. The van der Waals surface area contributed by atoms with Crippen LogP contribution < -0.4 is 10.4 Å². The molecule has 0 atom stereocenters. The Kier molecular flexibility index (Phi) is 12.7. The summed E-state index contributed by atoms with van der Waals surface area (Å²) in [6.45, 7) is 4.22. The summed E-state index contributed by atoms with van der Waals surface area (Å²) in [6, 6.07) is 41.0. The van der Waals surface area contributed by atoms with Gasteiger partial charge in [0.05, 0.1) is 0 Å². The van der Waals surface area contributed by atoms with Gasteiger partial charge in [0.15, 0.2) is 0 Å². The van der Waals surface area contributed by atoms with E-state index in [4.69, 9.17) is 0 Å². The molecule has 36 heavy (non-hydrogen) atoms. The molecule has 5 aromatic rings. The van der Waals surface area contributed by atoms with E-state index in [-0.39, 0.29) is 24.8 Å². The van der Waals surface area contributed by atoms with Gasteiger partial charge in [-0.15, -0.1) is 77.9 Å². The zero-order valence-corrected chi connectivity index (χ0v) is 25.7. The van der Waals surface area contributed by atoms with Crippen molar-refractivity contribution >= 4 is 62.2 Å². The molecule has 0 fully saturated rings. The molecule has 0 saturated carbocycles. The summed E-state index contributed by atoms with van der Waals surface area (Å²) < 4.78 is 0. The molecular weight excluding hydrogens is 575 g/mol. The number of rotatable bonds is 2. The zero-order chi connectivity index (χ0) is 23.8. The third-order valence-electron chi connectivity index (χ3n) is 6.01. The molecule has 1 aliphatic carbocycles. The average Bonchev–Trinajstić information content (AvgIpc) is 3.47. The minimum Gasteiger partial charge on any atom is -0.126 e. The molecule has 0 radical (unpaired) electrons. The number of allylic oxidation sites excluding steroid dienone is 4. The molecule has 0 spiro atoms. The molecule has 180 valence electrons. The molecule has 5 aromatic carbocycles. The molecule has 0 saturated heterocycles. The summed E-state index contributed by atoms with van der Waals surface area (Å²) >= 11 is 1.64. The quantitative estimate of drug-likeness (QED) is 0.142. The van der Waals surface area contributed by atoms with Gasteiger partial charge in [-0.05, 0) is 0 Å². The van der Waals surface area contributed by atoms with E-state index in [9.17, 15) is 0 Å². The van der Waals surface area contributed by atoms with Crippen molar-refractivity contribution in [1.82, 2.24) is 0 Å². The maximum Gasteiger partial charge on any atom is -0.0771 e. The van der Waals surface area contributed by atoms with E-state index in [1.54, 1.807) is 23.3 Å². The van der Waals surface area contributed by atoms with E-state index < -0.39 is 5.43 Å². The first-order valence-corrected chi connectivity index (χ1v) is 16.8. The van der Waals surface area contributed by atoms with Gasteiger partial charge in [0.25, 0.3) is 0 Å². The second-order valence-electron chi connectivity index (χ2n) is 8.32. The van der Waals surface area contributed by atoms with Crippen LogP contribution in [0.25, 0.3) is 21.5 Å². The summed E-state index contributed by atoms with van der Waals surface area (Å²) in [5.74, 6) is 0. The first-order chi connectivity index (χ1) is 16.6. The fraction of sp³-hybridized carbons (Fsp3) is 0.0938. The molecular formula is C32H30Cl2SiZr. The summed E-state index contributed by atoms with van der Waals surface area (Å²) in [5, 5.41) is 8.42. The Morgan fingerprint density at radius 1 is 0.639 bits per heavy atom. The molecule has 4 heteroatoms. The fourth-order valence-electron chi connectivity index (χ4n) is 3.93. The number of fused-ring (bicyclic) bond motifs is 3. The SMILES string of the molecule is CC1=[C-]CC=C1C.Cl.Cl.[Zr+2]=[Si](c1ccccc1)c1ccccc1.c1ccc2c(c1)[cH-]c1ccccc12. The van der Waals surface area contributed by atoms with E-state index >= 15 is 0 Å². The van der Waals surface area contributed by atoms with E-state index in [0.29, 0.717) is 0 Å². The standard InChI is InChI=1S/C13H9.C12H10Si.C7H9.2ClH.Zr/c1-3-7-12-10(5-1)9-11-6-2-4-8-13(11)12;1-3-7-11(8-4-1)13-12-9-5-2-6-10-12;1-6-4-3-5-7(6)2;;;/h1-9H;1-10H;4H,3H2,1-2H3;2*1H;/q-1;;-1;;;+2. The third kappa shape index (κ3) is 7.95. The zero-order valence-electron chi connectivity index (χ0n) is 20.6. The molecule has 0 heterocycles. The molecule has 6 rings (SSSR count).